The number of hydrogen-bond donors (Lipinski definition) is 3. The second-order valence-electron chi connectivity index (χ2n) is 6.38. The van der Waals surface area contributed by atoms with Crippen molar-refractivity contribution >= 4 is 34.8 Å². The van der Waals surface area contributed by atoms with Crippen LogP contribution < -0.4 is 21.2 Å². The molecule has 0 saturated carbocycles. The maximum atomic E-state index is 13.8. The molecule has 1 unspecified atom stereocenters. The van der Waals surface area contributed by atoms with Crippen LogP contribution in [0.15, 0.2) is 59.3 Å². The highest BCUT2D eigenvalue weighted by Crippen LogP contribution is 2.33. The van der Waals surface area contributed by atoms with Crippen molar-refractivity contribution in [3.63, 3.8) is 0 Å². The van der Waals surface area contributed by atoms with Gasteiger partial charge in [0.05, 0.1) is 27.7 Å². The van der Waals surface area contributed by atoms with E-state index in [4.69, 9.17) is 44.9 Å². The highest BCUT2D eigenvalue weighted by Gasteiger charge is 2.33. The summed E-state index contributed by atoms with van der Waals surface area (Å²) in [4.78, 5) is 5.40. The molecule has 150 valence electrons. The number of nitrogens with zero attached hydrogens (tertiary/aromatic N) is 1. The van der Waals surface area contributed by atoms with E-state index >= 15 is 0 Å². The SMILES string of the molecule is CC(NNOc1ccc(C#N)c(F)c1)(C1=CC=C(Cl)CN1)c1ccc(Cl)c(Cl)c1. The fourth-order valence-electron chi connectivity index (χ4n) is 2.75. The van der Waals surface area contributed by atoms with E-state index in [9.17, 15) is 4.39 Å². The molecule has 1 atom stereocenters. The normalized spacial score (nSPS) is 15.4. The van der Waals surface area contributed by atoms with Crippen molar-refractivity contribution in [3.8, 4) is 11.8 Å². The quantitative estimate of drug-likeness (QED) is 0.542. The van der Waals surface area contributed by atoms with Crippen LogP contribution in [0.5, 0.6) is 5.75 Å². The highest BCUT2D eigenvalue weighted by atomic mass is 35.5. The maximum Gasteiger partial charge on any atom is 0.152 e. The van der Waals surface area contributed by atoms with Gasteiger partial charge in [-0.05, 0) is 48.9 Å². The van der Waals surface area contributed by atoms with Crippen molar-refractivity contribution in [2.75, 3.05) is 6.54 Å². The Balaban J connectivity index is 1.85. The Hall–Kier alpha value is -2.27. The summed E-state index contributed by atoms with van der Waals surface area (Å²) in [5.74, 6) is -0.477. The molecule has 1 heterocycles. The monoisotopic (exact) mass is 452 g/mol. The summed E-state index contributed by atoms with van der Waals surface area (Å²) >= 11 is 18.3. The molecule has 0 spiro atoms. The summed E-state index contributed by atoms with van der Waals surface area (Å²) in [6, 6.07) is 11.0. The minimum absolute atomic E-state index is 0.0637. The van der Waals surface area contributed by atoms with Crippen molar-refractivity contribution in [1.29, 1.82) is 5.26 Å². The van der Waals surface area contributed by atoms with Gasteiger partial charge in [0.15, 0.2) is 5.75 Å². The Morgan fingerprint density at radius 3 is 2.55 bits per heavy atom. The van der Waals surface area contributed by atoms with Crippen LogP contribution in [0.2, 0.25) is 10.0 Å². The molecule has 29 heavy (non-hydrogen) atoms. The van der Waals surface area contributed by atoms with Crippen molar-refractivity contribution in [2.24, 2.45) is 0 Å². The van der Waals surface area contributed by atoms with Crippen molar-refractivity contribution in [3.05, 3.63) is 86.3 Å². The zero-order valence-corrected chi connectivity index (χ0v) is 17.5. The Labute approximate surface area is 182 Å². The number of hydrazine groups is 1. The van der Waals surface area contributed by atoms with Gasteiger partial charge in [0.25, 0.3) is 0 Å². The van der Waals surface area contributed by atoms with Gasteiger partial charge < -0.3 is 10.2 Å². The van der Waals surface area contributed by atoms with Gasteiger partial charge in [0.1, 0.15) is 11.9 Å². The Morgan fingerprint density at radius 2 is 1.93 bits per heavy atom. The van der Waals surface area contributed by atoms with Gasteiger partial charge in [-0.25, -0.2) is 9.82 Å². The average molecular weight is 454 g/mol. The Kier molecular flexibility index (Phi) is 6.68. The Morgan fingerprint density at radius 1 is 1.14 bits per heavy atom. The molecule has 0 amide bonds. The third-order valence-corrected chi connectivity index (χ3v) is 5.44. The average Bonchev–Trinajstić information content (AvgIpc) is 2.70. The summed E-state index contributed by atoms with van der Waals surface area (Å²) in [5, 5.41) is 13.6. The van der Waals surface area contributed by atoms with Crippen LogP contribution in [0.3, 0.4) is 0 Å². The lowest BCUT2D eigenvalue weighted by Gasteiger charge is -2.35. The topological polar surface area (TPSA) is 69.1 Å². The van der Waals surface area contributed by atoms with Gasteiger partial charge in [-0.3, -0.25) is 0 Å². The molecule has 5 nitrogen and oxygen atoms in total. The van der Waals surface area contributed by atoms with Crippen molar-refractivity contribution in [1.82, 2.24) is 16.3 Å². The first kappa shape index (κ1) is 21.4. The number of dihydropyridines is 1. The number of hydrogen-bond acceptors (Lipinski definition) is 5. The van der Waals surface area contributed by atoms with Crippen LogP contribution in [-0.4, -0.2) is 6.54 Å². The van der Waals surface area contributed by atoms with Crippen LogP contribution in [0.4, 0.5) is 4.39 Å². The fourth-order valence-corrected chi connectivity index (χ4v) is 3.18. The predicted octanol–water partition coefficient (Wildman–Crippen LogP) is 4.92. The molecular weight excluding hydrogens is 438 g/mol. The molecule has 0 radical (unpaired) electrons. The third-order valence-electron chi connectivity index (χ3n) is 4.45. The van der Waals surface area contributed by atoms with Gasteiger partial charge in [-0.15, -0.1) is 0 Å². The number of allylic oxidation sites excluding steroid dienone is 2. The van der Waals surface area contributed by atoms with Gasteiger partial charge in [-0.2, -0.15) is 5.26 Å². The first-order valence-corrected chi connectivity index (χ1v) is 9.62. The molecule has 3 N–H and O–H groups in total. The van der Waals surface area contributed by atoms with Crippen LogP contribution in [-0.2, 0) is 5.54 Å². The molecule has 0 aliphatic carbocycles. The van der Waals surface area contributed by atoms with Crippen LogP contribution >= 0.6 is 34.8 Å². The predicted molar refractivity (Wildman–Crippen MR) is 112 cm³/mol. The number of nitrogens with one attached hydrogen (secondary N) is 3. The molecule has 9 heteroatoms. The van der Waals surface area contributed by atoms with E-state index in [0.717, 1.165) is 17.3 Å². The lowest BCUT2D eigenvalue weighted by atomic mass is 9.88. The van der Waals surface area contributed by atoms with E-state index in [-0.39, 0.29) is 11.3 Å². The summed E-state index contributed by atoms with van der Waals surface area (Å²) in [6.07, 6.45) is 3.63. The molecule has 2 aromatic rings. The molecule has 0 bridgehead atoms. The molecule has 2 aromatic carbocycles. The van der Waals surface area contributed by atoms with Crippen molar-refractivity contribution in [2.45, 2.75) is 12.5 Å². The zero-order valence-electron chi connectivity index (χ0n) is 15.2. The van der Waals surface area contributed by atoms with Gasteiger partial charge >= 0.3 is 0 Å². The second-order valence-corrected chi connectivity index (χ2v) is 7.68. The van der Waals surface area contributed by atoms with Crippen molar-refractivity contribution < 1.29 is 9.23 Å². The molecule has 3 rings (SSSR count). The lowest BCUT2D eigenvalue weighted by Crippen LogP contribution is -2.53. The molecular formula is C20H16Cl3FN4O. The van der Waals surface area contributed by atoms with E-state index in [1.165, 1.54) is 12.1 Å². The minimum atomic E-state index is -0.826. The molecule has 0 aromatic heterocycles. The highest BCUT2D eigenvalue weighted by molar-refractivity contribution is 6.42. The molecule has 1 aliphatic rings. The fraction of sp³-hybridized carbons (Fsp3) is 0.150. The maximum absolute atomic E-state index is 13.8. The van der Waals surface area contributed by atoms with Gasteiger partial charge in [0.2, 0.25) is 0 Å². The van der Waals surface area contributed by atoms with E-state index in [0.29, 0.717) is 21.6 Å². The van der Waals surface area contributed by atoms with E-state index in [1.54, 1.807) is 24.3 Å². The number of rotatable bonds is 6. The first-order chi connectivity index (χ1) is 13.8. The van der Waals surface area contributed by atoms with E-state index in [1.807, 2.05) is 19.1 Å². The molecule has 0 fully saturated rings. The summed E-state index contributed by atoms with van der Waals surface area (Å²) in [7, 11) is 0. The smallest absolute Gasteiger partial charge is 0.152 e. The largest absolute Gasteiger partial charge is 0.394 e. The van der Waals surface area contributed by atoms with E-state index < -0.39 is 11.4 Å². The summed E-state index contributed by atoms with van der Waals surface area (Å²) in [6.45, 7) is 2.36. The van der Waals surface area contributed by atoms with Gasteiger partial charge in [0, 0.05) is 16.8 Å². The zero-order chi connectivity index (χ0) is 21.0. The number of nitriles is 1. The second kappa shape index (κ2) is 9.04. The number of halogens is 4. The summed E-state index contributed by atoms with van der Waals surface area (Å²) in [5.41, 5.74) is 6.41. The van der Waals surface area contributed by atoms with E-state index in [2.05, 4.69) is 16.3 Å². The Bertz CT molecular complexity index is 1030. The first-order valence-electron chi connectivity index (χ1n) is 8.48. The molecule has 1 aliphatic heterocycles. The molecule has 0 saturated heterocycles. The van der Waals surface area contributed by atoms with Gasteiger partial charge in [-0.1, -0.05) is 46.5 Å². The summed E-state index contributed by atoms with van der Waals surface area (Å²) < 4.78 is 13.8. The lowest BCUT2D eigenvalue weighted by molar-refractivity contribution is 0.110. The van der Waals surface area contributed by atoms with Crippen LogP contribution in [0, 0.1) is 17.1 Å². The third kappa shape index (κ3) is 4.84. The van der Waals surface area contributed by atoms with Crippen LogP contribution in [0.25, 0.3) is 0 Å². The minimum Gasteiger partial charge on any atom is -0.394 e. The number of benzene rings is 2. The van der Waals surface area contributed by atoms with Crippen LogP contribution in [0.1, 0.15) is 18.1 Å². The standard InChI is InChI=1S/C20H16Cl3FN4O/c1-20(19-7-4-14(21)11-26-19,13-3-6-16(22)17(23)8-13)27-28-29-15-5-2-12(10-25)18(24)9-15/h2-9,26-28H,11H2,1H3.